The predicted molar refractivity (Wildman–Crippen MR) is 70.0 cm³/mol. The number of methoxy groups -OCH3 is 1. The highest BCUT2D eigenvalue weighted by Crippen LogP contribution is 2.40. The minimum absolute atomic E-state index is 0.0561. The quantitative estimate of drug-likeness (QED) is 0.575. The van der Waals surface area contributed by atoms with E-state index < -0.39 is 33.7 Å². The van der Waals surface area contributed by atoms with E-state index in [2.05, 4.69) is 15.9 Å². The fourth-order valence-corrected chi connectivity index (χ4v) is 2.76. The molecule has 0 heterocycles. The van der Waals surface area contributed by atoms with Crippen molar-refractivity contribution in [2.75, 3.05) is 7.11 Å². The Balaban J connectivity index is 2.61. The molecule has 0 bridgehead atoms. The van der Waals surface area contributed by atoms with Crippen LogP contribution < -0.4 is 4.74 Å². The molecule has 0 spiro atoms. The monoisotopic (exact) mass is 348 g/mol. The maximum Gasteiger partial charge on any atom is 0.133 e. The van der Waals surface area contributed by atoms with Gasteiger partial charge in [0.05, 0.1) is 11.9 Å². The summed E-state index contributed by atoms with van der Waals surface area (Å²) in [4.78, 5) is -1.14. The van der Waals surface area contributed by atoms with Gasteiger partial charge in [0.1, 0.15) is 29.0 Å². The van der Waals surface area contributed by atoms with Crippen molar-refractivity contribution in [2.24, 2.45) is 0 Å². The van der Waals surface area contributed by atoms with E-state index in [1.54, 1.807) is 0 Å². The van der Waals surface area contributed by atoms with Crippen molar-refractivity contribution in [3.05, 3.63) is 64.7 Å². The van der Waals surface area contributed by atoms with E-state index in [4.69, 9.17) is 4.74 Å². The van der Waals surface area contributed by atoms with Gasteiger partial charge in [-0.3, -0.25) is 0 Å². The van der Waals surface area contributed by atoms with Gasteiger partial charge in [0.15, 0.2) is 0 Å². The van der Waals surface area contributed by atoms with Crippen LogP contribution >= 0.6 is 15.9 Å². The summed E-state index contributed by atoms with van der Waals surface area (Å²) in [6.07, 6.45) is 0. The first-order valence-electron chi connectivity index (χ1n) is 5.56. The molecule has 0 aliphatic carbocycles. The molecule has 1 atom stereocenters. The first kappa shape index (κ1) is 14.8. The van der Waals surface area contributed by atoms with Crippen molar-refractivity contribution < 1.29 is 22.3 Å². The molecule has 1 nitrogen and oxygen atoms in total. The zero-order valence-electron chi connectivity index (χ0n) is 10.3. The molecule has 0 radical (unpaired) electrons. The molecule has 1 unspecified atom stereocenters. The Bertz CT molecular complexity index is 622. The Morgan fingerprint density at radius 1 is 0.950 bits per heavy atom. The maximum atomic E-state index is 13.9. The Labute approximate surface area is 121 Å². The summed E-state index contributed by atoms with van der Waals surface area (Å²) in [5.74, 6) is -3.79. The Hall–Kier alpha value is -1.56. The second kappa shape index (κ2) is 5.83. The third-order valence-corrected chi connectivity index (χ3v) is 3.70. The van der Waals surface area contributed by atoms with Crippen LogP contribution in [0.4, 0.5) is 17.6 Å². The first-order chi connectivity index (χ1) is 9.45. The zero-order chi connectivity index (χ0) is 14.9. The molecular formula is C14H9BrF4O. The Morgan fingerprint density at radius 2 is 1.55 bits per heavy atom. The summed E-state index contributed by atoms with van der Waals surface area (Å²) in [6, 6.07) is 5.10. The molecule has 2 rings (SSSR count). The molecule has 0 aliphatic rings. The van der Waals surface area contributed by atoms with E-state index in [0.717, 1.165) is 6.07 Å². The van der Waals surface area contributed by atoms with Crippen molar-refractivity contribution in [2.45, 2.75) is 4.83 Å². The molecule has 2 aromatic carbocycles. The van der Waals surface area contributed by atoms with Gasteiger partial charge in [0, 0.05) is 23.3 Å². The lowest BCUT2D eigenvalue weighted by Gasteiger charge is -2.16. The molecule has 0 aromatic heterocycles. The van der Waals surface area contributed by atoms with Gasteiger partial charge in [-0.15, -0.1) is 0 Å². The van der Waals surface area contributed by atoms with Crippen molar-refractivity contribution >= 4 is 15.9 Å². The maximum absolute atomic E-state index is 13.9. The number of halogens is 5. The lowest BCUT2D eigenvalue weighted by molar-refractivity contribution is 0.404. The average molecular weight is 349 g/mol. The smallest absolute Gasteiger partial charge is 0.133 e. The number of ether oxygens (including phenoxy) is 1. The van der Waals surface area contributed by atoms with Gasteiger partial charge in [-0.05, 0) is 12.1 Å². The lowest BCUT2D eigenvalue weighted by Crippen LogP contribution is -2.05. The lowest BCUT2D eigenvalue weighted by atomic mass is 10.0. The number of hydrogen-bond acceptors (Lipinski definition) is 1. The summed E-state index contributed by atoms with van der Waals surface area (Å²) < 4.78 is 59.3. The largest absolute Gasteiger partial charge is 0.496 e. The SMILES string of the molecule is COc1cccc(F)c1C(Br)c1c(F)cc(F)cc1F. The highest BCUT2D eigenvalue weighted by atomic mass is 79.9. The molecule has 0 saturated heterocycles. The normalized spacial score (nSPS) is 12.3. The molecule has 0 amide bonds. The van der Waals surface area contributed by atoms with Crippen LogP contribution in [0.5, 0.6) is 5.75 Å². The molecule has 2 aromatic rings. The van der Waals surface area contributed by atoms with Crippen LogP contribution in [0.2, 0.25) is 0 Å². The summed E-state index contributed by atoms with van der Waals surface area (Å²) in [6.45, 7) is 0. The summed E-state index contributed by atoms with van der Waals surface area (Å²) in [5, 5.41) is 0. The van der Waals surface area contributed by atoms with Crippen molar-refractivity contribution in [3.8, 4) is 5.75 Å². The van der Waals surface area contributed by atoms with E-state index in [0.29, 0.717) is 12.1 Å². The average Bonchev–Trinajstić information content (AvgIpc) is 2.36. The van der Waals surface area contributed by atoms with Crippen LogP contribution in [-0.2, 0) is 0 Å². The molecule has 0 fully saturated rings. The van der Waals surface area contributed by atoms with E-state index in [1.165, 1.54) is 19.2 Å². The number of rotatable bonds is 3. The van der Waals surface area contributed by atoms with Gasteiger partial charge in [-0.1, -0.05) is 22.0 Å². The van der Waals surface area contributed by atoms with Crippen LogP contribution in [0.1, 0.15) is 16.0 Å². The van der Waals surface area contributed by atoms with Gasteiger partial charge < -0.3 is 4.74 Å². The minimum Gasteiger partial charge on any atom is -0.496 e. The number of alkyl halides is 1. The van der Waals surface area contributed by atoms with Crippen LogP contribution in [0, 0.1) is 23.3 Å². The fourth-order valence-electron chi connectivity index (χ4n) is 1.88. The number of benzene rings is 2. The molecule has 0 N–H and O–H groups in total. The summed E-state index contributed by atoms with van der Waals surface area (Å²) in [5.41, 5.74) is -0.533. The highest BCUT2D eigenvalue weighted by molar-refractivity contribution is 9.09. The van der Waals surface area contributed by atoms with Gasteiger partial charge in [0.25, 0.3) is 0 Å². The second-order valence-electron chi connectivity index (χ2n) is 4.00. The minimum atomic E-state index is -1.14. The third kappa shape index (κ3) is 2.65. The van der Waals surface area contributed by atoms with Crippen molar-refractivity contribution in [3.63, 3.8) is 0 Å². The van der Waals surface area contributed by atoms with Crippen molar-refractivity contribution in [1.82, 2.24) is 0 Å². The van der Waals surface area contributed by atoms with Crippen LogP contribution in [0.25, 0.3) is 0 Å². The topological polar surface area (TPSA) is 9.23 Å². The van der Waals surface area contributed by atoms with Gasteiger partial charge in [-0.2, -0.15) is 0 Å². The van der Waals surface area contributed by atoms with E-state index in [1.807, 2.05) is 0 Å². The third-order valence-electron chi connectivity index (χ3n) is 2.78. The standard InChI is InChI=1S/C14H9BrF4O/c1-20-11-4-2-3-8(17)13(11)14(15)12-9(18)5-7(16)6-10(12)19/h2-6,14H,1H3. The molecular weight excluding hydrogens is 340 g/mol. The zero-order valence-corrected chi connectivity index (χ0v) is 11.8. The summed E-state index contributed by atoms with van der Waals surface area (Å²) in [7, 11) is 1.31. The van der Waals surface area contributed by atoms with Gasteiger partial charge >= 0.3 is 0 Å². The van der Waals surface area contributed by atoms with Gasteiger partial charge in [-0.25, -0.2) is 17.6 Å². The van der Waals surface area contributed by atoms with E-state index >= 15 is 0 Å². The van der Waals surface area contributed by atoms with E-state index in [-0.39, 0.29) is 11.3 Å². The first-order valence-corrected chi connectivity index (χ1v) is 6.48. The Morgan fingerprint density at radius 3 is 2.10 bits per heavy atom. The summed E-state index contributed by atoms with van der Waals surface area (Å²) >= 11 is 3.04. The highest BCUT2D eigenvalue weighted by Gasteiger charge is 2.26. The molecule has 6 heteroatoms. The molecule has 0 aliphatic heterocycles. The van der Waals surface area contributed by atoms with Crippen LogP contribution in [0.15, 0.2) is 30.3 Å². The molecule has 20 heavy (non-hydrogen) atoms. The van der Waals surface area contributed by atoms with E-state index in [9.17, 15) is 17.6 Å². The fraction of sp³-hybridized carbons (Fsp3) is 0.143. The molecule has 106 valence electrons. The van der Waals surface area contributed by atoms with Crippen LogP contribution in [0.3, 0.4) is 0 Å². The van der Waals surface area contributed by atoms with Crippen molar-refractivity contribution in [1.29, 1.82) is 0 Å². The number of hydrogen-bond donors (Lipinski definition) is 0. The van der Waals surface area contributed by atoms with Gasteiger partial charge in [0.2, 0.25) is 0 Å². The predicted octanol–water partition coefficient (Wildman–Crippen LogP) is 4.74. The van der Waals surface area contributed by atoms with Crippen LogP contribution in [-0.4, -0.2) is 7.11 Å². The molecule has 0 saturated carbocycles. The second-order valence-corrected chi connectivity index (χ2v) is 4.92. The Kier molecular flexibility index (Phi) is 4.32.